The van der Waals surface area contributed by atoms with Crippen molar-refractivity contribution < 1.29 is 9.90 Å². The highest BCUT2D eigenvalue weighted by Gasteiger charge is 2.14. The summed E-state index contributed by atoms with van der Waals surface area (Å²) < 4.78 is 0.938. The number of nitrogens with one attached hydrogen (secondary N) is 1. The SMILES string of the molecule is O=C(Nc1ccc(Br)cc1)N(CCCO)Cc1ccc(Cl)c(Cl)c1. The number of aliphatic hydroxyl groups excluding tert-OH is 1. The molecule has 2 rings (SSSR count). The average molecular weight is 432 g/mol. The number of carbonyl (C=O) groups is 1. The van der Waals surface area contributed by atoms with Gasteiger partial charge in [-0.25, -0.2) is 4.79 Å². The number of hydrogen-bond donors (Lipinski definition) is 2. The van der Waals surface area contributed by atoms with E-state index >= 15 is 0 Å². The van der Waals surface area contributed by atoms with E-state index in [0.717, 1.165) is 10.0 Å². The topological polar surface area (TPSA) is 52.6 Å². The summed E-state index contributed by atoms with van der Waals surface area (Å²) in [5.74, 6) is 0. The lowest BCUT2D eigenvalue weighted by molar-refractivity contribution is 0.199. The van der Waals surface area contributed by atoms with Crippen molar-refractivity contribution in [1.29, 1.82) is 0 Å². The number of amides is 2. The van der Waals surface area contributed by atoms with E-state index in [2.05, 4.69) is 21.2 Å². The number of hydrogen-bond acceptors (Lipinski definition) is 2. The Hall–Kier alpha value is -1.27. The molecule has 0 heterocycles. The minimum absolute atomic E-state index is 0.0173. The van der Waals surface area contributed by atoms with Crippen LogP contribution >= 0.6 is 39.1 Å². The molecule has 0 saturated carbocycles. The quantitative estimate of drug-likeness (QED) is 0.662. The predicted octanol–water partition coefficient (Wildman–Crippen LogP) is 5.17. The zero-order valence-electron chi connectivity index (χ0n) is 12.8. The van der Waals surface area contributed by atoms with E-state index in [9.17, 15) is 4.79 Å². The molecule has 0 spiro atoms. The number of urea groups is 1. The molecule has 2 aromatic rings. The van der Waals surface area contributed by atoms with E-state index in [0.29, 0.717) is 35.2 Å². The van der Waals surface area contributed by atoms with Crippen LogP contribution in [0.1, 0.15) is 12.0 Å². The van der Waals surface area contributed by atoms with E-state index < -0.39 is 0 Å². The maximum Gasteiger partial charge on any atom is 0.322 e. The van der Waals surface area contributed by atoms with Crippen molar-refractivity contribution in [2.24, 2.45) is 0 Å². The van der Waals surface area contributed by atoms with Crippen LogP contribution in [0.5, 0.6) is 0 Å². The van der Waals surface area contributed by atoms with E-state index in [1.54, 1.807) is 17.0 Å². The van der Waals surface area contributed by atoms with Crippen LogP contribution in [0.25, 0.3) is 0 Å². The summed E-state index contributed by atoms with van der Waals surface area (Å²) in [6.45, 7) is 0.821. The van der Waals surface area contributed by atoms with Gasteiger partial charge in [0.15, 0.2) is 0 Å². The third-order valence-corrected chi connectivity index (χ3v) is 4.59. The first-order valence-electron chi connectivity index (χ1n) is 7.36. The van der Waals surface area contributed by atoms with E-state index in [-0.39, 0.29) is 12.6 Å². The molecule has 0 unspecified atom stereocenters. The molecule has 0 aromatic heterocycles. The van der Waals surface area contributed by atoms with Crippen LogP contribution in [-0.4, -0.2) is 29.2 Å². The summed E-state index contributed by atoms with van der Waals surface area (Å²) in [6, 6.07) is 12.4. The lowest BCUT2D eigenvalue weighted by atomic mass is 10.2. The van der Waals surface area contributed by atoms with Crippen molar-refractivity contribution >= 4 is 50.9 Å². The Morgan fingerprint density at radius 3 is 2.46 bits per heavy atom. The fourth-order valence-electron chi connectivity index (χ4n) is 2.11. The highest BCUT2D eigenvalue weighted by atomic mass is 79.9. The van der Waals surface area contributed by atoms with Crippen LogP contribution in [0.4, 0.5) is 10.5 Å². The van der Waals surface area contributed by atoms with Gasteiger partial charge in [0, 0.05) is 29.9 Å². The number of halogens is 3. The number of anilines is 1. The second-order valence-electron chi connectivity index (χ2n) is 5.18. The molecule has 2 N–H and O–H groups in total. The van der Waals surface area contributed by atoms with Gasteiger partial charge < -0.3 is 15.3 Å². The fourth-order valence-corrected chi connectivity index (χ4v) is 2.69. The molecule has 0 fully saturated rings. The van der Waals surface area contributed by atoms with Crippen molar-refractivity contribution in [3.8, 4) is 0 Å². The van der Waals surface area contributed by atoms with Crippen LogP contribution in [0.15, 0.2) is 46.9 Å². The normalized spacial score (nSPS) is 10.5. The summed E-state index contributed by atoms with van der Waals surface area (Å²) in [7, 11) is 0. The van der Waals surface area contributed by atoms with Crippen molar-refractivity contribution in [3.05, 3.63) is 62.5 Å². The van der Waals surface area contributed by atoms with Gasteiger partial charge in [0.2, 0.25) is 0 Å². The van der Waals surface area contributed by atoms with Gasteiger partial charge in [-0.05, 0) is 48.4 Å². The van der Waals surface area contributed by atoms with Crippen molar-refractivity contribution in [3.63, 3.8) is 0 Å². The third-order valence-electron chi connectivity index (χ3n) is 3.33. The number of aliphatic hydroxyl groups is 1. The highest BCUT2D eigenvalue weighted by molar-refractivity contribution is 9.10. The molecule has 4 nitrogen and oxygen atoms in total. The maximum atomic E-state index is 12.5. The monoisotopic (exact) mass is 430 g/mol. The van der Waals surface area contributed by atoms with Gasteiger partial charge in [-0.3, -0.25) is 0 Å². The summed E-state index contributed by atoms with van der Waals surface area (Å²) in [6.07, 6.45) is 0.495. The zero-order chi connectivity index (χ0) is 17.5. The second kappa shape index (κ2) is 9.28. The van der Waals surface area contributed by atoms with Crippen LogP contribution in [-0.2, 0) is 6.54 Å². The standard InChI is InChI=1S/C17H17BrCl2N2O2/c18-13-3-5-14(6-4-13)21-17(24)22(8-1-9-23)11-12-2-7-15(19)16(20)10-12/h2-7,10,23H,1,8-9,11H2,(H,21,24). The number of carbonyl (C=O) groups excluding carboxylic acids is 1. The summed E-state index contributed by atoms with van der Waals surface area (Å²) >= 11 is 15.3. The average Bonchev–Trinajstić information content (AvgIpc) is 2.56. The van der Waals surface area contributed by atoms with Crippen molar-refractivity contribution in [2.45, 2.75) is 13.0 Å². The molecule has 0 atom stereocenters. The van der Waals surface area contributed by atoms with Crippen molar-refractivity contribution in [2.75, 3.05) is 18.5 Å². The van der Waals surface area contributed by atoms with Crippen LogP contribution < -0.4 is 5.32 Å². The third kappa shape index (κ3) is 5.67. The Morgan fingerprint density at radius 2 is 1.83 bits per heavy atom. The minimum atomic E-state index is -0.239. The molecule has 0 aliphatic heterocycles. The molecule has 7 heteroatoms. The van der Waals surface area contributed by atoms with Gasteiger partial charge in [0.1, 0.15) is 0 Å². The molecule has 0 aliphatic carbocycles. The van der Waals surface area contributed by atoms with Gasteiger partial charge in [-0.2, -0.15) is 0 Å². The molecule has 0 aliphatic rings. The fraction of sp³-hybridized carbons (Fsp3) is 0.235. The second-order valence-corrected chi connectivity index (χ2v) is 6.91. The largest absolute Gasteiger partial charge is 0.396 e. The lowest BCUT2D eigenvalue weighted by Gasteiger charge is -2.23. The molecule has 0 radical (unpaired) electrons. The van der Waals surface area contributed by atoms with E-state index in [4.69, 9.17) is 28.3 Å². The van der Waals surface area contributed by atoms with Gasteiger partial charge in [-0.15, -0.1) is 0 Å². The molecular weight excluding hydrogens is 415 g/mol. The lowest BCUT2D eigenvalue weighted by Crippen LogP contribution is -2.35. The van der Waals surface area contributed by atoms with Gasteiger partial charge in [-0.1, -0.05) is 45.2 Å². The first-order valence-corrected chi connectivity index (χ1v) is 8.91. The van der Waals surface area contributed by atoms with Crippen LogP contribution in [0, 0.1) is 0 Å². The van der Waals surface area contributed by atoms with Crippen LogP contribution in [0.2, 0.25) is 10.0 Å². The van der Waals surface area contributed by atoms with Crippen molar-refractivity contribution in [1.82, 2.24) is 4.90 Å². The predicted molar refractivity (Wildman–Crippen MR) is 102 cm³/mol. The Morgan fingerprint density at radius 1 is 1.12 bits per heavy atom. The maximum absolute atomic E-state index is 12.5. The molecule has 2 aromatic carbocycles. The van der Waals surface area contributed by atoms with Gasteiger partial charge >= 0.3 is 6.03 Å². The highest BCUT2D eigenvalue weighted by Crippen LogP contribution is 2.23. The molecule has 2 amide bonds. The Kier molecular flexibility index (Phi) is 7.37. The molecular formula is C17H17BrCl2N2O2. The first kappa shape index (κ1) is 19.1. The Balaban J connectivity index is 2.09. The molecule has 0 saturated heterocycles. The summed E-state index contributed by atoms with van der Waals surface area (Å²) in [5, 5.41) is 12.8. The van der Waals surface area contributed by atoms with Gasteiger partial charge in [0.25, 0.3) is 0 Å². The van der Waals surface area contributed by atoms with E-state index in [1.165, 1.54) is 0 Å². The summed E-state index contributed by atoms with van der Waals surface area (Å²) in [5.41, 5.74) is 1.57. The van der Waals surface area contributed by atoms with E-state index in [1.807, 2.05) is 30.3 Å². The van der Waals surface area contributed by atoms with Crippen LogP contribution in [0.3, 0.4) is 0 Å². The summed E-state index contributed by atoms with van der Waals surface area (Å²) in [4.78, 5) is 14.1. The Bertz CT molecular complexity index is 695. The smallest absolute Gasteiger partial charge is 0.322 e. The minimum Gasteiger partial charge on any atom is -0.396 e. The molecule has 0 bridgehead atoms. The number of rotatable bonds is 6. The molecule has 24 heavy (non-hydrogen) atoms. The number of benzene rings is 2. The zero-order valence-corrected chi connectivity index (χ0v) is 15.9. The molecule has 128 valence electrons. The van der Waals surface area contributed by atoms with Gasteiger partial charge in [0.05, 0.1) is 10.0 Å². The first-order chi connectivity index (χ1) is 11.5. The Labute approximate surface area is 159 Å². The number of nitrogens with zero attached hydrogens (tertiary/aromatic N) is 1.